The fourth-order valence-electron chi connectivity index (χ4n) is 3.02. The molecule has 0 aliphatic carbocycles. The van der Waals surface area contributed by atoms with Crippen molar-refractivity contribution in [2.24, 2.45) is 0 Å². The summed E-state index contributed by atoms with van der Waals surface area (Å²) in [4.78, 5) is 10.9. The van der Waals surface area contributed by atoms with Gasteiger partial charge in [-0.25, -0.2) is 18.4 Å². The lowest BCUT2D eigenvalue weighted by molar-refractivity contribution is 0.602. The second kappa shape index (κ2) is 6.17. The minimum Gasteiger partial charge on any atom is -0.366 e. The zero-order valence-electron chi connectivity index (χ0n) is 12.2. The van der Waals surface area contributed by atoms with E-state index in [2.05, 4.69) is 20.2 Å². The Bertz CT molecular complexity index is 582. The minimum absolute atomic E-state index is 0.0260. The van der Waals surface area contributed by atoms with Crippen molar-refractivity contribution in [3.63, 3.8) is 0 Å². The van der Waals surface area contributed by atoms with E-state index in [1.807, 2.05) is 6.07 Å². The van der Waals surface area contributed by atoms with Crippen LogP contribution in [0, 0.1) is 0 Å². The van der Waals surface area contributed by atoms with Gasteiger partial charge in [0, 0.05) is 25.2 Å². The van der Waals surface area contributed by atoms with Crippen molar-refractivity contribution in [1.82, 2.24) is 9.97 Å². The molecule has 116 valence electrons. The van der Waals surface area contributed by atoms with E-state index >= 15 is 0 Å². The highest BCUT2D eigenvalue weighted by Gasteiger charge is 2.28. The maximum Gasteiger partial charge on any atom is 0.152 e. The van der Waals surface area contributed by atoms with Crippen molar-refractivity contribution in [3.8, 4) is 0 Å². The average Bonchev–Trinajstić information content (AvgIpc) is 2.69. The van der Waals surface area contributed by atoms with E-state index in [1.54, 1.807) is 6.33 Å². The Hall–Kier alpha value is -1.37. The van der Waals surface area contributed by atoms with Gasteiger partial charge in [0.25, 0.3) is 0 Å². The molecular formula is C14H22N4O2S. The van der Waals surface area contributed by atoms with Gasteiger partial charge in [-0.05, 0) is 19.3 Å². The second-order valence-corrected chi connectivity index (χ2v) is 8.14. The molecule has 0 radical (unpaired) electrons. The van der Waals surface area contributed by atoms with Gasteiger partial charge in [-0.2, -0.15) is 0 Å². The van der Waals surface area contributed by atoms with Crippen LogP contribution in [-0.4, -0.2) is 49.0 Å². The number of hydrogen-bond donors (Lipinski definition) is 1. The molecule has 1 unspecified atom stereocenters. The standard InChI is InChI=1S/C14H22N4O2S/c19-21(20)8-5-12(10-21)17-13-9-14(16-11-15-13)18-6-3-1-2-4-7-18/h9,11-12H,1-8,10H2,(H,15,16,17). The van der Waals surface area contributed by atoms with Crippen LogP contribution in [0.4, 0.5) is 11.6 Å². The van der Waals surface area contributed by atoms with E-state index in [0.29, 0.717) is 6.42 Å². The van der Waals surface area contributed by atoms with E-state index in [-0.39, 0.29) is 17.5 Å². The quantitative estimate of drug-likeness (QED) is 0.911. The normalized spacial score (nSPS) is 25.5. The van der Waals surface area contributed by atoms with Gasteiger partial charge in [-0.3, -0.25) is 0 Å². The summed E-state index contributed by atoms with van der Waals surface area (Å²) in [5, 5.41) is 3.23. The predicted molar refractivity (Wildman–Crippen MR) is 83.4 cm³/mol. The third-order valence-electron chi connectivity index (χ3n) is 4.17. The maximum atomic E-state index is 11.5. The predicted octanol–water partition coefficient (Wildman–Crippen LogP) is 1.46. The zero-order valence-corrected chi connectivity index (χ0v) is 13.0. The molecule has 3 rings (SSSR count). The van der Waals surface area contributed by atoms with Crippen LogP contribution >= 0.6 is 0 Å². The summed E-state index contributed by atoms with van der Waals surface area (Å²) >= 11 is 0. The summed E-state index contributed by atoms with van der Waals surface area (Å²) in [5.74, 6) is 2.15. The van der Waals surface area contributed by atoms with Crippen LogP contribution in [0.15, 0.2) is 12.4 Å². The molecule has 7 heteroatoms. The molecule has 1 N–H and O–H groups in total. The molecule has 1 aromatic rings. The van der Waals surface area contributed by atoms with E-state index in [9.17, 15) is 8.42 Å². The fraction of sp³-hybridized carbons (Fsp3) is 0.714. The number of nitrogens with zero attached hydrogens (tertiary/aromatic N) is 3. The van der Waals surface area contributed by atoms with E-state index in [4.69, 9.17) is 0 Å². The third-order valence-corrected chi connectivity index (χ3v) is 5.94. The van der Waals surface area contributed by atoms with Crippen LogP contribution in [0.5, 0.6) is 0 Å². The summed E-state index contributed by atoms with van der Waals surface area (Å²) in [6.07, 6.45) is 7.19. The molecule has 0 aromatic carbocycles. The molecule has 6 nitrogen and oxygen atoms in total. The molecule has 0 spiro atoms. The highest BCUT2D eigenvalue weighted by Crippen LogP contribution is 2.21. The Morgan fingerprint density at radius 1 is 1.14 bits per heavy atom. The smallest absolute Gasteiger partial charge is 0.152 e. The molecule has 2 aliphatic heterocycles. The first-order valence-electron chi connectivity index (χ1n) is 7.66. The Morgan fingerprint density at radius 2 is 1.90 bits per heavy atom. The summed E-state index contributed by atoms with van der Waals surface area (Å²) < 4.78 is 23.0. The number of aromatic nitrogens is 2. The Labute approximate surface area is 125 Å². The van der Waals surface area contributed by atoms with Gasteiger partial charge in [-0.1, -0.05) is 12.8 Å². The third kappa shape index (κ3) is 3.84. The SMILES string of the molecule is O=S1(=O)CCC(Nc2cc(N3CCCCCC3)ncn2)C1. The summed E-state index contributed by atoms with van der Waals surface area (Å²) in [6.45, 7) is 2.07. The van der Waals surface area contributed by atoms with Gasteiger partial charge in [0.1, 0.15) is 18.0 Å². The van der Waals surface area contributed by atoms with Crippen LogP contribution in [0.1, 0.15) is 32.1 Å². The fourth-order valence-corrected chi connectivity index (χ4v) is 4.69. The van der Waals surface area contributed by atoms with Crippen molar-refractivity contribution in [2.75, 3.05) is 34.8 Å². The van der Waals surface area contributed by atoms with Gasteiger partial charge < -0.3 is 10.2 Å². The molecule has 2 aliphatic rings. The number of nitrogens with one attached hydrogen (secondary N) is 1. The number of sulfone groups is 1. The molecule has 2 saturated heterocycles. The highest BCUT2D eigenvalue weighted by molar-refractivity contribution is 7.91. The first-order valence-corrected chi connectivity index (χ1v) is 9.48. The molecular weight excluding hydrogens is 288 g/mol. The van der Waals surface area contributed by atoms with Crippen molar-refractivity contribution < 1.29 is 8.42 Å². The molecule has 2 fully saturated rings. The lowest BCUT2D eigenvalue weighted by Gasteiger charge is -2.22. The van der Waals surface area contributed by atoms with E-state index in [1.165, 1.54) is 25.7 Å². The first-order chi connectivity index (χ1) is 10.1. The van der Waals surface area contributed by atoms with Crippen LogP contribution < -0.4 is 10.2 Å². The number of hydrogen-bond acceptors (Lipinski definition) is 6. The molecule has 3 heterocycles. The Balaban J connectivity index is 1.68. The first kappa shape index (κ1) is 14.6. The maximum absolute atomic E-state index is 11.5. The molecule has 0 bridgehead atoms. The monoisotopic (exact) mass is 310 g/mol. The number of rotatable bonds is 3. The van der Waals surface area contributed by atoms with Crippen LogP contribution in [0.3, 0.4) is 0 Å². The zero-order chi connectivity index (χ0) is 14.7. The van der Waals surface area contributed by atoms with Gasteiger partial charge in [0.05, 0.1) is 11.5 Å². The van der Waals surface area contributed by atoms with Gasteiger partial charge in [0.15, 0.2) is 9.84 Å². The molecule has 0 amide bonds. The molecule has 0 saturated carbocycles. The van der Waals surface area contributed by atoms with Crippen molar-refractivity contribution in [1.29, 1.82) is 0 Å². The van der Waals surface area contributed by atoms with Crippen molar-refractivity contribution in [2.45, 2.75) is 38.1 Å². The molecule has 1 atom stereocenters. The van der Waals surface area contributed by atoms with Crippen molar-refractivity contribution >= 4 is 21.5 Å². The Morgan fingerprint density at radius 3 is 2.57 bits per heavy atom. The minimum atomic E-state index is -2.87. The summed E-state index contributed by atoms with van der Waals surface area (Å²) in [5.41, 5.74) is 0. The lowest BCUT2D eigenvalue weighted by Crippen LogP contribution is -2.26. The largest absolute Gasteiger partial charge is 0.366 e. The van der Waals surface area contributed by atoms with Crippen LogP contribution in [0.25, 0.3) is 0 Å². The summed E-state index contributed by atoms with van der Waals surface area (Å²) in [7, 11) is -2.87. The Kier molecular flexibility index (Phi) is 4.28. The lowest BCUT2D eigenvalue weighted by atomic mass is 10.2. The molecule has 1 aromatic heterocycles. The van der Waals surface area contributed by atoms with Gasteiger partial charge in [-0.15, -0.1) is 0 Å². The van der Waals surface area contributed by atoms with Crippen LogP contribution in [0.2, 0.25) is 0 Å². The highest BCUT2D eigenvalue weighted by atomic mass is 32.2. The topological polar surface area (TPSA) is 75.2 Å². The number of anilines is 2. The average molecular weight is 310 g/mol. The van der Waals surface area contributed by atoms with Gasteiger partial charge >= 0.3 is 0 Å². The van der Waals surface area contributed by atoms with Crippen molar-refractivity contribution in [3.05, 3.63) is 12.4 Å². The van der Waals surface area contributed by atoms with E-state index < -0.39 is 9.84 Å². The molecule has 21 heavy (non-hydrogen) atoms. The van der Waals surface area contributed by atoms with Gasteiger partial charge in [0.2, 0.25) is 0 Å². The van der Waals surface area contributed by atoms with E-state index in [0.717, 1.165) is 24.7 Å². The second-order valence-electron chi connectivity index (χ2n) is 5.91. The summed E-state index contributed by atoms with van der Waals surface area (Å²) in [6, 6.07) is 1.91. The van der Waals surface area contributed by atoms with Crippen LogP contribution in [-0.2, 0) is 9.84 Å².